The summed E-state index contributed by atoms with van der Waals surface area (Å²) < 4.78 is 43.7. The summed E-state index contributed by atoms with van der Waals surface area (Å²) >= 11 is 2.17. The molecule has 1 amide bonds. The summed E-state index contributed by atoms with van der Waals surface area (Å²) in [6, 6.07) is 12.7. The summed E-state index contributed by atoms with van der Waals surface area (Å²) in [5.41, 5.74) is -0.188. The van der Waals surface area contributed by atoms with Crippen molar-refractivity contribution in [2.24, 2.45) is 0 Å². The summed E-state index contributed by atoms with van der Waals surface area (Å²) in [6.07, 6.45) is -4.80. The van der Waals surface area contributed by atoms with Gasteiger partial charge >= 0.3 is 12.1 Å². The van der Waals surface area contributed by atoms with Crippen LogP contribution in [0.4, 0.5) is 19.0 Å². The lowest BCUT2D eigenvalue weighted by Gasteiger charge is -2.21. The fourth-order valence-corrected chi connectivity index (χ4v) is 4.54. The molecular weight excluding hydrogens is 564 g/mol. The number of carbonyl (C=O) groups is 2. The normalized spacial score (nSPS) is 14.1. The molecule has 0 bridgehead atoms. The average molecular weight is 584 g/mol. The molecule has 2 aromatic carbocycles. The van der Waals surface area contributed by atoms with Gasteiger partial charge in [-0.1, -0.05) is 24.3 Å². The summed E-state index contributed by atoms with van der Waals surface area (Å²) in [7, 11) is 0. The Bertz CT molecular complexity index is 1240. The van der Waals surface area contributed by atoms with Gasteiger partial charge in [-0.2, -0.15) is 18.3 Å². The van der Waals surface area contributed by atoms with E-state index in [1.807, 2.05) is 24.3 Å². The number of anilines is 1. The van der Waals surface area contributed by atoms with Crippen LogP contribution in [-0.2, 0) is 19.3 Å². The smallest absolute Gasteiger partial charge is 0.436 e. The molecule has 3 aromatic rings. The van der Waals surface area contributed by atoms with Gasteiger partial charge in [0.15, 0.2) is 5.69 Å². The Hall–Kier alpha value is -3.09. The number of hydrogen-bond donors (Lipinski definition) is 2. The summed E-state index contributed by atoms with van der Waals surface area (Å²) in [5, 5.41) is 15.4. The Kier molecular flexibility index (Phi) is 6.56. The number of carboxylic acid groups (broad SMARTS) is 1. The molecule has 0 saturated carbocycles. The van der Waals surface area contributed by atoms with Crippen LogP contribution >= 0.6 is 22.6 Å². The van der Waals surface area contributed by atoms with Crippen molar-refractivity contribution in [1.82, 2.24) is 15.1 Å². The second-order valence-corrected chi connectivity index (χ2v) is 9.19. The molecule has 178 valence electrons. The lowest BCUT2D eigenvalue weighted by Crippen LogP contribution is -2.31. The molecule has 1 atom stereocenters. The van der Waals surface area contributed by atoms with Crippen LogP contribution in [0.5, 0.6) is 0 Å². The zero-order valence-corrected chi connectivity index (χ0v) is 20.1. The van der Waals surface area contributed by atoms with Gasteiger partial charge in [0, 0.05) is 16.7 Å². The number of carboxylic acids is 1. The third-order valence-corrected chi connectivity index (χ3v) is 6.24. The molecule has 7 nitrogen and oxygen atoms in total. The molecule has 11 heteroatoms. The Labute approximate surface area is 206 Å². The third-order valence-electron chi connectivity index (χ3n) is 5.57. The van der Waals surface area contributed by atoms with Gasteiger partial charge in [-0.3, -0.25) is 4.79 Å². The molecule has 2 N–H and O–H groups in total. The summed E-state index contributed by atoms with van der Waals surface area (Å²) in [4.78, 5) is 25.9. The van der Waals surface area contributed by atoms with Crippen LogP contribution < -0.4 is 10.2 Å². The number of rotatable bonds is 6. The van der Waals surface area contributed by atoms with Crippen LogP contribution in [0.25, 0.3) is 0 Å². The van der Waals surface area contributed by atoms with Gasteiger partial charge in [0.05, 0.1) is 18.2 Å². The Morgan fingerprint density at radius 1 is 1.18 bits per heavy atom. The summed E-state index contributed by atoms with van der Waals surface area (Å²) in [6.45, 7) is 2.63. The van der Waals surface area contributed by atoms with E-state index in [0.717, 1.165) is 9.13 Å². The predicted octanol–water partition coefficient (Wildman–Crippen LogP) is 4.72. The summed E-state index contributed by atoms with van der Waals surface area (Å²) in [5.74, 6) is -1.85. The van der Waals surface area contributed by atoms with Crippen LogP contribution in [-0.4, -0.2) is 33.3 Å². The van der Waals surface area contributed by atoms with Crippen LogP contribution in [0.2, 0.25) is 0 Å². The molecule has 1 aromatic heterocycles. The molecule has 0 saturated heterocycles. The number of hydrogen-bond acceptors (Lipinski definition) is 4. The number of halogens is 4. The molecule has 4 rings (SSSR count). The molecule has 34 heavy (non-hydrogen) atoms. The van der Waals surface area contributed by atoms with Crippen molar-refractivity contribution in [2.45, 2.75) is 32.2 Å². The van der Waals surface area contributed by atoms with E-state index in [0.29, 0.717) is 18.7 Å². The zero-order valence-electron chi connectivity index (χ0n) is 17.9. The second-order valence-electron chi connectivity index (χ2n) is 7.94. The predicted molar refractivity (Wildman–Crippen MR) is 127 cm³/mol. The van der Waals surface area contributed by atoms with Crippen molar-refractivity contribution in [3.05, 3.63) is 80.0 Å². The minimum Gasteiger partial charge on any atom is -0.478 e. The number of nitrogens with zero attached hydrogens (tertiary/aromatic N) is 3. The van der Waals surface area contributed by atoms with Crippen LogP contribution in [0.1, 0.15) is 50.5 Å². The van der Waals surface area contributed by atoms with Crippen molar-refractivity contribution in [2.75, 3.05) is 11.4 Å². The largest absolute Gasteiger partial charge is 0.478 e. The maximum atomic E-state index is 13.8. The molecule has 2 heterocycles. The first-order valence-electron chi connectivity index (χ1n) is 10.4. The van der Waals surface area contributed by atoms with Crippen molar-refractivity contribution in [3.63, 3.8) is 0 Å². The number of benzene rings is 2. The lowest BCUT2D eigenvalue weighted by molar-refractivity contribution is -0.141. The Balaban J connectivity index is 1.65. The van der Waals surface area contributed by atoms with Gasteiger partial charge in [-0.25, -0.2) is 9.48 Å². The highest BCUT2D eigenvalue weighted by molar-refractivity contribution is 14.1. The first-order valence-corrected chi connectivity index (χ1v) is 11.4. The fraction of sp³-hybridized carbons (Fsp3) is 0.261. The van der Waals surface area contributed by atoms with Gasteiger partial charge in [-0.15, -0.1) is 0 Å². The van der Waals surface area contributed by atoms with E-state index in [1.54, 1.807) is 11.8 Å². The number of fused-ring (bicyclic) bond motifs is 1. The highest BCUT2D eigenvalue weighted by Crippen LogP contribution is 2.38. The van der Waals surface area contributed by atoms with Gasteiger partial charge in [0.2, 0.25) is 0 Å². The zero-order chi connectivity index (χ0) is 24.6. The van der Waals surface area contributed by atoms with Crippen molar-refractivity contribution < 1.29 is 27.9 Å². The second kappa shape index (κ2) is 9.28. The first-order chi connectivity index (χ1) is 16.0. The van der Waals surface area contributed by atoms with Gasteiger partial charge in [0.1, 0.15) is 11.4 Å². The lowest BCUT2D eigenvalue weighted by atomic mass is 10.1. The fourth-order valence-electron chi connectivity index (χ4n) is 3.94. The molecule has 1 aliphatic rings. The van der Waals surface area contributed by atoms with Crippen molar-refractivity contribution >= 4 is 40.3 Å². The number of aromatic carboxylic acids is 1. The van der Waals surface area contributed by atoms with E-state index in [-0.39, 0.29) is 17.9 Å². The maximum Gasteiger partial charge on any atom is 0.436 e. The van der Waals surface area contributed by atoms with E-state index in [2.05, 4.69) is 33.0 Å². The minimum absolute atomic E-state index is 0.0716. The van der Waals surface area contributed by atoms with Gasteiger partial charge in [0.25, 0.3) is 5.91 Å². The SMILES string of the molecule is C[C@H](NC(=O)c1c(C(F)(F)F)nn2c1N(Cc1cccc(I)c1)CC2)c1ccc(C(=O)O)cc1. The van der Waals surface area contributed by atoms with Crippen LogP contribution in [0, 0.1) is 3.57 Å². The van der Waals surface area contributed by atoms with E-state index < -0.39 is 35.4 Å². The molecule has 0 fully saturated rings. The molecule has 0 radical (unpaired) electrons. The standard InChI is InChI=1S/C23H20F3IN4O3/c1-13(15-5-7-16(8-6-15)22(33)34)28-20(32)18-19(23(24,25)26)29-31-10-9-30(21(18)31)12-14-3-2-4-17(27)11-14/h2-8,11,13H,9-10,12H2,1H3,(H,28,32)(H,33,34)/t13-/m0/s1. The topological polar surface area (TPSA) is 87.5 Å². The van der Waals surface area contributed by atoms with E-state index in [4.69, 9.17) is 5.11 Å². The third kappa shape index (κ3) is 4.88. The van der Waals surface area contributed by atoms with Crippen LogP contribution in [0.3, 0.4) is 0 Å². The van der Waals surface area contributed by atoms with Crippen molar-refractivity contribution in [1.29, 1.82) is 0 Å². The maximum absolute atomic E-state index is 13.8. The molecule has 0 spiro atoms. The van der Waals surface area contributed by atoms with Crippen molar-refractivity contribution in [3.8, 4) is 0 Å². The van der Waals surface area contributed by atoms with E-state index in [1.165, 1.54) is 28.9 Å². The van der Waals surface area contributed by atoms with Gasteiger partial charge < -0.3 is 15.3 Å². The van der Waals surface area contributed by atoms with E-state index in [9.17, 15) is 22.8 Å². The highest BCUT2D eigenvalue weighted by atomic mass is 127. The molecule has 0 unspecified atom stereocenters. The van der Waals surface area contributed by atoms with Gasteiger partial charge in [-0.05, 0) is 64.9 Å². The quantitative estimate of drug-likeness (QED) is 0.410. The first kappa shape index (κ1) is 24.0. The van der Waals surface area contributed by atoms with Crippen LogP contribution in [0.15, 0.2) is 48.5 Å². The number of carbonyl (C=O) groups excluding carboxylic acids is 1. The highest BCUT2D eigenvalue weighted by Gasteiger charge is 2.44. The Morgan fingerprint density at radius 2 is 1.88 bits per heavy atom. The number of nitrogens with one attached hydrogen (secondary N) is 1. The number of amides is 1. The monoisotopic (exact) mass is 584 g/mol. The molecular formula is C23H20F3IN4O3. The Morgan fingerprint density at radius 3 is 2.50 bits per heavy atom. The molecule has 1 aliphatic heterocycles. The number of aromatic nitrogens is 2. The average Bonchev–Trinajstić information content (AvgIpc) is 3.34. The van der Waals surface area contributed by atoms with E-state index >= 15 is 0 Å². The molecule has 0 aliphatic carbocycles. The minimum atomic E-state index is -4.80. The number of alkyl halides is 3.